The molecule has 0 aliphatic carbocycles. The van der Waals surface area contributed by atoms with Crippen LogP contribution in [0.4, 0.5) is 5.69 Å². The summed E-state index contributed by atoms with van der Waals surface area (Å²) in [5.41, 5.74) is 2.32. The summed E-state index contributed by atoms with van der Waals surface area (Å²) in [6, 6.07) is 7.58. The molecule has 1 N–H and O–H groups in total. The van der Waals surface area contributed by atoms with Gasteiger partial charge in [0.25, 0.3) is 5.56 Å². The highest BCUT2D eigenvalue weighted by Gasteiger charge is 2.07. The third-order valence-electron chi connectivity index (χ3n) is 2.97. The highest BCUT2D eigenvalue weighted by molar-refractivity contribution is 6.35. The summed E-state index contributed by atoms with van der Waals surface area (Å²) in [6.07, 6.45) is 1.69. The van der Waals surface area contributed by atoms with Crippen molar-refractivity contribution in [2.75, 3.05) is 19.5 Å². The number of ether oxygens (including phenoxy) is 1. The van der Waals surface area contributed by atoms with Gasteiger partial charge in [-0.05, 0) is 23.2 Å². The molecule has 0 spiro atoms. The second-order valence-electron chi connectivity index (χ2n) is 4.26. The van der Waals surface area contributed by atoms with Crippen LogP contribution in [0.1, 0.15) is 5.56 Å². The van der Waals surface area contributed by atoms with E-state index in [9.17, 15) is 4.79 Å². The van der Waals surface area contributed by atoms with Crippen LogP contribution in [0.15, 0.2) is 35.3 Å². The molecule has 0 aliphatic rings. The monoisotopic (exact) mass is 257 g/mol. The summed E-state index contributed by atoms with van der Waals surface area (Å²) in [5, 5.41) is 7.07. The molecule has 98 valence electrons. The first-order chi connectivity index (χ1) is 9.15. The molecule has 0 atom stereocenters. The summed E-state index contributed by atoms with van der Waals surface area (Å²) in [5.74, 6) is 0.795. The number of anilines is 1. The van der Waals surface area contributed by atoms with Gasteiger partial charge in [-0.2, -0.15) is 5.10 Å². The number of aromatic nitrogens is 2. The van der Waals surface area contributed by atoms with Crippen LogP contribution in [0.2, 0.25) is 0 Å². The predicted molar refractivity (Wildman–Crippen MR) is 78.3 cm³/mol. The molecule has 0 bridgehead atoms. The molecule has 1 aromatic heterocycles. The number of hydrogen-bond acceptors (Lipinski definition) is 4. The molecule has 2 aromatic rings. The summed E-state index contributed by atoms with van der Waals surface area (Å²) >= 11 is 0. The van der Waals surface area contributed by atoms with Crippen LogP contribution < -0.4 is 21.1 Å². The number of nitrogens with zero attached hydrogens (tertiary/aromatic N) is 2. The van der Waals surface area contributed by atoms with Gasteiger partial charge in [-0.25, -0.2) is 4.68 Å². The molecule has 0 aliphatic heterocycles. The van der Waals surface area contributed by atoms with E-state index < -0.39 is 0 Å². The molecular weight excluding hydrogens is 241 g/mol. The Morgan fingerprint density at radius 3 is 2.63 bits per heavy atom. The van der Waals surface area contributed by atoms with Crippen molar-refractivity contribution in [1.82, 2.24) is 9.78 Å². The van der Waals surface area contributed by atoms with Gasteiger partial charge in [0.15, 0.2) is 0 Å². The third kappa shape index (κ3) is 2.78. The first kappa shape index (κ1) is 13.2. The third-order valence-corrected chi connectivity index (χ3v) is 2.97. The van der Waals surface area contributed by atoms with E-state index in [4.69, 9.17) is 4.74 Å². The van der Waals surface area contributed by atoms with E-state index in [1.807, 2.05) is 32.1 Å². The lowest BCUT2D eigenvalue weighted by molar-refractivity contribution is 0.414. The van der Waals surface area contributed by atoms with Crippen molar-refractivity contribution < 1.29 is 4.74 Å². The zero-order valence-electron chi connectivity index (χ0n) is 11.3. The van der Waals surface area contributed by atoms with Crippen LogP contribution in [-0.2, 0) is 6.54 Å². The maximum absolute atomic E-state index is 12.2. The van der Waals surface area contributed by atoms with Crippen LogP contribution in [-0.4, -0.2) is 31.8 Å². The summed E-state index contributed by atoms with van der Waals surface area (Å²) in [4.78, 5) is 12.2. The largest absolute Gasteiger partial charge is 0.497 e. The van der Waals surface area contributed by atoms with Gasteiger partial charge < -0.3 is 10.1 Å². The van der Waals surface area contributed by atoms with Gasteiger partial charge in [0.05, 0.1) is 19.3 Å². The molecule has 1 aromatic carbocycles. The van der Waals surface area contributed by atoms with E-state index in [0.717, 1.165) is 16.8 Å². The highest BCUT2D eigenvalue weighted by Crippen LogP contribution is 2.11. The molecular formula is C13H16BN3O2. The molecule has 0 saturated carbocycles. The normalized spacial score (nSPS) is 10.2. The lowest BCUT2D eigenvalue weighted by Gasteiger charge is -2.09. The smallest absolute Gasteiger partial charge is 0.289 e. The Balaban J connectivity index is 2.30. The van der Waals surface area contributed by atoms with Crippen molar-refractivity contribution in [3.8, 4) is 5.75 Å². The fourth-order valence-corrected chi connectivity index (χ4v) is 1.89. The van der Waals surface area contributed by atoms with Gasteiger partial charge in [-0.15, -0.1) is 0 Å². The van der Waals surface area contributed by atoms with Crippen LogP contribution >= 0.6 is 0 Å². The van der Waals surface area contributed by atoms with Gasteiger partial charge in [0.1, 0.15) is 13.6 Å². The number of methoxy groups -OCH3 is 1. The van der Waals surface area contributed by atoms with E-state index in [0.29, 0.717) is 12.2 Å². The maximum atomic E-state index is 12.2. The Hall–Kier alpha value is -2.24. The Morgan fingerprint density at radius 1 is 1.37 bits per heavy atom. The lowest BCUT2D eigenvalue weighted by Crippen LogP contribution is -2.31. The van der Waals surface area contributed by atoms with Crippen LogP contribution in [0.25, 0.3) is 0 Å². The van der Waals surface area contributed by atoms with Crippen molar-refractivity contribution >= 4 is 19.0 Å². The fourth-order valence-electron chi connectivity index (χ4n) is 1.89. The predicted octanol–water partition coefficient (Wildman–Crippen LogP) is -0.400. The quantitative estimate of drug-likeness (QED) is 0.757. The molecule has 0 saturated heterocycles. The van der Waals surface area contributed by atoms with Gasteiger partial charge in [0, 0.05) is 13.2 Å². The average molecular weight is 257 g/mol. The molecule has 6 heteroatoms. The van der Waals surface area contributed by atoms with Gasteiger partial charge in [0.2, 0.25) is 0 Å². The second kappa shape index (κ2) is 5.60. The van der Waals surface area contributed by atoms with E-state index in [1.165, 1.54) is 4.68 Å². The first-order valence-corrected chi connectivity index (χ1v) is 6.03. The molecule has 1 heterocycles. The summed E-state index contributed by atoms with van der Waals surface area (Å²) in [6.45, 7) is 0.442. The van der Waals surface area contributed by atoms with Gasteiger partial charge in [-0.1, -0.05) is 12.1 Å². The van der Waals surface area contributed by atoms with Crippen LogP contribution in [0, 0.1) is 0 Å². The first-order valence-electron chi connectivity index (χ1n) is 6.03. The minimum Gasteiger partial charge on any atom is -0.497 e. The molecule has 0 unspecified atom stereocenters. The Morgan fingerprint density at radius 2 is 2.05 bits per heavy atom. The topological polar surface area (TPSA) is 56.2 Å². The van der Waals surface area contributed by atoms with Crippen molar-refractivity contribution in [3.05, 3.63) is 46.4 Å². The summed E-state index contributed by atoms with van der Waals surface area (Å²) in [7, 11) is 5.22. The van der Waals surface area contributed by atoms with Crippen LogP contribution in [0.3, 0.4) is 0 Å². The Labute approximate surface area is 112 Å². The number of benzene rings is 1. The minimum atomic E-state index is -0.113. The van der Waals surface area contributed by atoms with E-state index in [1.54, 1.807) is 20.4 Å². The van der Waals surface area contributed by atoms with Gasteiger partial charge >= 0.3 is 0 Å². The average Bonchev–Trinajstić information content (AvgIpc) is 2.43. The van der Waals surface area contributed by atoms with E-state index >= 15 is 0 Å². The second-order valence-corrected chi connectivity index (χ2v) is 4.26. The standard InChI is InChI=1S/C13H16BN3O2/c1-15-12-11(14)7-16-17(13(12)18)8-9-3-5-10(19-2)6-4-9/h3-7,15H,8,14H2,1-2H3. The molecule has 0 radical (unpaired) electrons. The number of nitrogens with one attached hydrogen (secondary N) is 1. The molecule has 5 nitrogen and oxygen atoms in total. The summed E-state index contributed by atoms with van der Waals surface area (Å²) < 4.78 is 6.55. The van der Waals surface area contributed by atoms with E-state index in [-0.39, 0.29) is 5.56 Å². The van der Waals surface area contributed by atoms with Crippen molar-refractivity contribution in [2.45, 2.75) is 6.54 Å². The van der Waals surface area contributed by atoms with Crippen LogP contribution in [0.5, 0.6) is 5.75 Å². The minimum absolute atomic E-state index is 0.113. The molecule has 19 heavy (non-hydrogen) atoms. The van der Waals surface area contributed by atoms with Gasteiger partial charge in [-0.3, -0.25) is 4.79 Å². The molecule has 0 amide bonds. The van der Waals surface area contributed by atoms with Crippen molar-refractivity contribution in [2.24, 2.45) is 0 Å². The Kier molecular flexibility index (Phi) is 3.89. The maximum Gasteiger partial charge on any atom is 0.289 e. The SMILES string of the molecule is Bc1cnn(Cc2ccc(OC)cc2)c(=O)c1NC. The molecule has 0 fully saturated rings. The zero-order chi connectivity index (χ0) is 13.8. The van der Waals surface area contributed by atoms with Crippen molar-refractivity contribution in [1.29, 1.82) is 0 Å². The van der Waals surface area contributed by atoms with E-state index in [2.05, 4.69) is 10.4 Å². The fraction of sp³-hybridized carbons (Fsp3) is 0.231. The number of hydrogen-bond donors (Lipinski definition) is 1. The Bertz CT molecular complexity index is 623. The zero-order valence-corrected chi connectivity index (χ0v) is 11.3. The molecule has 2 rings (SSSR count). The number of rotatable bonds is 4. The lowest BCUT2D eigenvalue weighted by atomic mass is 9.97. The van der Waals surface area contributed by atoms with Crippen molar-refractivity contribution in [3.63, 3.8) is 0 Å². The highest BCUT2D eigenvalue weighted by atomic mass is 16.5.